The SMILES string of the molecule is CC(C)n1cnnc1[C@@H](C)NC(=O)CCn1cccc1. The van der Waals surface area contributed by atoms with E-state index in [4.69, 9.17) is 0 Å². The molecule has 0 saturated carbocycles. The Morgan fingerprint density at radius 3 is 2.65 bits per heavy atom. The zero-order valence-electron chi connectivity index (χ0n) is 12.2. The third kappa shape index (κ3) is 3.46. The van der Waals surface area contributed by atoms with Crippen molar-refractivity contribution >= 4 is 5.91 Å². The molecule has 0 spiro atoms. The van der Waals surface area contributed by atoms with E-state index in [1.54, 1.807) is 6.33 Å². The van der Waals surface area contributed by atoms with Crippen LogP contribution in [0.15, 0.2) is 30.9 Å². The molecule has 0 aromatic carbocycles. The van der Waals surface area contributed by atoms with Gasteiger partial charge in [0.2, 0.25) is 5.91 Å². The van der Waals surface area contributed by atoms with Gasteiger partial charge in [0.15, 0.2) is 5.82 Å². The number of amides is 1. The third-order valence-corrected chi connectivity index (χ3v) is 3.19. The summed E-state index contributed by atoms with van der Waals surface area (Å²) < 4.78 is 3.96. The minimum absolute atomic E-state index is 0.0181. The molecular formula is C14H21N5O. The van der Waals surface area contributed by atoms with Crippen molar-refractivity contribution in [3.05, 3.63) is 36.7 Å². The van der Waals surface area contributed by atoms with Gasteiger partial charge in [-0.2, -0.15) is 0 Å². The molecule has 108 valence electrons. The van der Waals surface area contributed by atoms with Crippen LogP contribution >= 0.6 is 0 Å². The van der Waals surface area contributed by atoms with Crippen LogP contribution in [-0.2, 0) is 11.3 Å². The topological polar surface area (TPSA) is 64.7 Å². The molecule has 2 rings (SSSR count). The van der Waals surface area contributed by atoms with Crippen molar-refractivity contribution in [1.82, 2.24) is 24.6 Å². The number of rotatable bonds is 6. The summed E-state index contributed by atoms with van der Waals surface area (Å²) in [6.07, 6.45) is 6.05. The molecule has 0 aliphatic heterocycles. The van der Waals surface area contributed by atoms with Gasteiger partial charge in [0.05, 0.1) is 6.04 Å². The first-order valence-electron chi connectivity index (χ1n) is 6.87. The number of carbonyl (C=O) groups excluding carboxylic acids is 1. The lowest BCUT2D eigenvalue weighted by Crippen LogP contribution is -2.29. The van der Waals surface area contributed by atoms with Crippen molar-refractivity contribution in [2.24, 2.45) is 0 Å². The van der Waals surface area contributed by atoms with Crippen LogP contribution in [0.5, 0.6) is 0 Å². The van der Waals surface area contributed by atoms with E-state index in [0.29, 0.717) is 13.0 Å². The fraction of sp³-hybridized carbons (Fsp3) is 0.500. The predicted molar refractivity (Wildman–Crippen MR) is 76.0 cm³/mol. The van der Waals surface area contributed by atoms with Crippen molar-refractivity contribution in [3.8, 4) is 0 Å². The normalized spacial score (nSPS) is 12.6. The maximum atomic E-state index is 11.9. The summed E-state index contributed by atoms with van der Waals surface area (Å²) in [4.78, 5) is 11.9. The molecule has 1 atom stereocenters. The van der Waals surface area contributed by atoms with Crippen molar-refractivity contribution < 1.29 is 4.79 Å². The van der Waals surface area contributed by atoms with Gasteiger partial charge in [0, 0.05) is 31.4 Å². The molecule has 0 unspecified atom stereocenters. The number of nitrogens with one attached hydrogen (secondary N) is 1. The van der Waals surface area contributed by atoms with Gasteiger partial charge in [-0.25, -0.2) is 0 Å². The van der Waals surface area contributed by atoms with Crippen LogP contribution in [0.3, 0.4) is 0 Å². The Kier molecular flexibility index (Phi) is 4.55. The highest BCUT2D eigenvalue weighted by Crippen LogP contribution is 2.14. The van der Waals surface area contributed by atoms with E-state index in [-0.39, 0.29) is 18.0 Å². The summed E-state index contributed by atoms with van der Waals surface area (Å²) in [5.74, 6) is 0.804. The largest absolute Gasteiger partial charge is 0.354 e. The zero-order valence-corrected chi connectivity index (χ0v) is 12.2. The Hall–Kier alpha value is -2.11. The summed E-state index contributed by atoms with van der Waals surface area (Å²) in [7, 11) is 0. The summed E-state index contributed by atoms with van der Waals surface area (Å²) in [6, 6.07) is 4.04. The molecule has 0 aliphatic carbocycles. The minimum atomic E-state index is -0.142. The second-order valence-electron chi connectivity index (χ2n) is 5.15. The first-order chi connectivity index (χ1) is 9.58. The van der Waals surface area contributed by atoms with Gasteiger partial charge < -0.3 is 14.5 Å². The molecule has 0 saturated heterocycles. The van der Waals surface area contributed by atoms with Crippen molar-refractivity contribution in [1.29, 1.82) is 0 Å². The van der Waals surface area contributed by atoms with E-state index in [2.05, 4.69) is 29.4 Å². The molecule has 0 radical (unpaired) electrons. The van der Waals surface area contributed by atoms with Gasteiger partial charge in [-0.05, 0) is 32.9 Å². The monoisotopic (exact) mass is 275 g/mol. The van der Waals surface area contributed by atoms with Gasteiger partial charge in [-0.3, -0.25) is 4.79 Å². The van der Waals surface area contributed by atoms with Crippen molar-refractivity contribution in [3.63, 3.8) is 0 Å². The van der Waals surface area contributed by atoms with Crippen LogP contribution < -0.4 is 5.32 Å². The third-order valence-electron chi connectivity index (χ3n) is 3.19. The van der Waals surface area contributed by atoms with Gasteiger partial charge in [0.25, 0.3) is 0 Å². The molecule has 1 amide bonds. The lowest BCUT2D eigenvalue weighted by molar-refractivity contribution is -0.122. The van der Waals surface area contributed by atoms with E-state index < -0.39 is 0 Å². The molecule has 6 heteroatoms. The first kappa shape index (κ1) is 14.3. The second kappa shape index (κ2) is 6.36. The fourth-order valence-corrected chi connectivity index (χ4v) is 2.09. The zero-order chi connectivity index (χ0) is 14.5. The molecule has 0 aliphatic rings. The lowest BCUT2D eigenvalue weighted by atomic mass is 10.2. The predicted octanol–water partition coefficient (Wildman–Crippen LogP) is 1.93. The van der Waals surface area contributed by atoms with Gasteiger partial charge in [0.1, 0.15) is 6.33 Å². The summed E-state index contributed by atoms with van der Waals surface area (Å²) in [5, 5.41) is 11.0. The van der Waals surface area contributed by atoms with E-state index in [0.717, 1.165) is 5.82 Å². The standard InChI is InChI=1S/C14H21N5O/c1-11(2)19-10-15-17-14(19)12(3)16-13(20)6-9-18-7-4-5-8-18/h4-5,7-8,10-12H,6,9H2,1-3H3,(H,16,20)/t12-/m1/s1. The average Bonchev–Trinajstić information content (AvgIpc) is 3.07. The summed E-state index contributed by atoms with van der Waals surface area (Å²) in [5.41, 5.74) is 0. The van der Waals surface area contributed by atoms with Crippen LogP contribution in [0, 0.1) is 0 Å². The highest BCUT2D eigenvalue weighted by molar-refractivity contribution is 5.76. The van der Waals surface area contributed by atoms with Crippen LogP contribution in [0.2, 0.25) is 0 Å². The Labute approximate surface area is 118 Å². The van der Waals surface area contributed by atoms with Crippen molar-refractivity contribution in [2.75, 3.05) is 0 Å². The number of carbonyl (C=O) groups is 1. The molecule has 0 fully saturated rings. The maximum Gasteiger partial charge on any atom is 0.222 e. The number of hydrogen-bond donors (Lipinski definition) is 1. The van der Waals surface area contributed by atoms with Gasteiger partial charge in [-0.1, -0.05) is 0 Å². The van der Waals surface area contributed by atoms with Crippen LogP contribution in [-0.4, -0.2) is 25.2 Å². The molecule has 2 aromatic rings. The lowest BCUT2D eigenvalue weighted by Gasteiger charge is -2.17. The smallest absolute Gasteiger partial charge is 0.222 e. The summed E-state index contributed by atoms with van der Waals surface area (Å²) >= 11 is 0. The van der Waals surface area contributed by atoms with E-state index in [1.165, 1.54) is 0 Å². The molecule has 6 nitrogen and oxygen atoms in total. The number of nitrogens with zero attached hydrogens (tertiary/aromatic N) is 4. The number of aromatic nitrogens is 4. The maximum absolute atomic E-state index is 11.9. The average molecular weight is 275 g/mol. The van der Waals surface area contributed by atoms with Crippen LogP contribution in [0.25, 0.3) is 0 Å². The number of hydrogen-bond acceptors (Lipinski definition) is 3. The Morgan fingerprint density at radius 2 is 2.00 bits per heavy atom. The summed E-state index contributed by atoms with van der Waals surface area (Å²) in [6.45, 7) is 6.74. The second-order valence-corrected chi connectivity index (χ2v) is 5.15. The molecule has 2 aromatic heterocycles. The van der Waals surface area contributed by atoms with E-state index >= 15 is 0 Å². The highest BCUT2D eigenvalue weighted by Gasteiger charge is 2.16. The molecule has 0 bridgehead atoms. The van der Waals surface area contributed by atoms with Crippen LogP contribution in [0.1, 0.15) is 45.1 Å². The molecule has 1 N–H and O–H groups in total. The minimum Gasteiger partial charge on any atom is -0.354 e. The molecular weight excluding hydrogens is 254 g/mol. The van der Waals surface area contributed by atoms with Gasteiger partial charge in [-0.15, -0.1) is 10.2 Å². The number of aryl methyl sites for hydroxylation is 1. The Balaban J connectivity index is 1.88. The fourth-order valence-electron chi connectivity index (χ4n) is 2.09. The van der Waals surface area contributed by atoms with Crippen molar-refractivity contribution in [2.45, 2.75) is 45.8 Å². The van der Waals surface area contributed by atoms with E-state index in [1.807, 2.05) is 40.6 Å². The highest BCUT2D eigenvalue weighted by atomic mass is 16.1. The molecule has 20 heavy (non-hydrogen) atoms. The van der Waals surface area contributed by atoms with Crippen LogP contribution in [0.4, 0.5) is 0 Å². The molecule has 2 heterocycles. The van der Waals surface area contributed by atoms with Gasteiger partial charge >= 0.3 is 0 Å². The Bertz CT molecular complexity index is 544. The quantitative estimate of drug-likeness (QED) is 0.876. The first-order valence-corrected chi connectivity index (χ1v) is 6.87. The Morgan fingerprint density at radius 1 is 1.30 bits per heavy atom. The van der Waals surface area contributed by atoms with E-state index in [9.17, 15) is 4.79 Å².